The van der Waals surface area contributed by atoms with Crippen molar-refractivity contribution in [1.82, 2.24) is 4.90 Å². The summed E-state index contributed by atoms with van der Waals surface area (Å²) < 4.78 is 0. The van der Waals surface area contributed by atoms with Gasteiger partial charge in [0, 0.05) is 25.1 Å². The maximum Gasteiger partial charge on any atom is 0.249 e. The van der Waals surface area contributed by atoms with E-state index in [4.69, 9.17) is 0 Å². The van der Waals surface area contributed by atoms with Crippen molar-refractivity contribution < 1.29 is 9.59 Å². The number of hydrogen-bond donors (Lipinski definition) is 0. The second-order valence-corrected chi connectivity index (χ2v) is 12.5. The Bertz CT molecular complexity index is 870. The topological polar surface area (TPSA) is 37.4 Å². The van der Waals surface area contributed by atoms with Crippen LogP contribution in [-0.4, -0.2) is 29.7 Å². The molecule has 3 heteroatoms. The zero-order chi connectivity index (χ0) is 29.8. The van der Waals surface area contributed by atoms with Crippen molar-refractivity contribution >= 4 is 11.7 Å². The van der Waals surface area contributed by atoms with E-state index in [0.29, 0.717) is 18.3 Å². The fourth-order valence-electron chi connectivity index (χ4n) is 4.54. The van der Waals surface area contributed by atoms with Gasteiger partial charge in [0.1, 0.15) is 5.78 Å². The fraction of sp³-hybridized carbons (Fsp3) is 0.667. The van der Waals surface area contributed by atoms with Crippen LogP contribution >= 0.6 is 0 Å². The van der Waals surface area contributed by atoms with Gasteiger partial charge in [-0.1, -0.05) is 80.4 Å². The molecule has 0 radical (unpaired) electrons. The lowest BCUT2D eigenvalue weighted by Gasteiger charge is -2.26. The van der Waals surface area contributed by atoms with E-state index in [1.165, 1.54) is 22.3 Å². The lowest BCUT2D eigenvalue weighted by molar-refractivity contribution is -0.128. The molecule has 222 valence electrons. The lowest BCUT2D eigenvalue weighted by Crippen LogP contribution is -2.37. The summed E-state index contributed by atoms with van der Waals surface area (Å²) in [5, 5.41) is 0. The van der Waals surface area contributed by atoms with Gasteiger partial charge in [0.2, 0.25) is 5.91 Å². The average Bonchev–Trinajstić information content (AvgIpc) is 2.82. The number of rotatable bonds is 20. The highest BCUT2D eigenvalue weighted by Crippen LogP contribution is 2.16. The van der Waals surface area contributed by atoms with Crippen LogP contribution in [0, 0.1) is 11.8 Å². The highest BCUT2D eigenvalue weighted by atomic mass is 16.2. The van der Waals surface area contributed by atoms with Crippen LogP contribution in [0.25, 0.3) is 0 Å². The molecule has 0 rings (SSSR count). The second-order valence-electron chi connectivity index (χ2n) is 12.5. The molecule has 0 fully saturated rings. The van der Waals surface area contributed by atoms with Crippen molar-refractivity contribution in [1.29, 1.82) is 0 Å². The molecule has 0 aliphatic rings. The molecule has 0 aliphatic heterocycles. The second kappa shape index (κ2) is 21.6. The molecule has 0 aromatic rings. The van der Waals surface area contributed by atoms with Crippen molar-refractivity contribution in [3.05, 3.63) is 58.2 Å². The standard InChI is InChI=1S/C36H61NO2/c1-28(2)26-37(27-29(3)4)36(39)34(9)24-14-22-32(7)20-12-18-30(5)16-11-17-31(6)19-13-21-33(8)23-15-25-35(10)38/h16,19-20,23-24,28-29H,11-15,17-18,21-22,25-27H2,1-10H3/b30-16+,31-19+,32-20+,33-23+,34-24+. The van der Waals surface area contributed by atoms with E-state index in [2.05, 4.69) is 85.8 Å². The van der Waals surface area contributed by atoms with Crippen LogP contribution in [0.3, 0.4) is 0 Å². The van der Waals surface area contributed by atoms with Gasteiger partial charge in [0.05, 0.1) is 0 Å². The van der Waals surface area contributed by atoms with Crippen LogP contribution in [0.1, 0.15) is 133 Å². The smallest absolute Gasteiger partial charge is 0.249 e. The quantitative estimate of drug-likeness (QED) is 0.114. The predicted molar refractivity (Wildman–Crippen MR) is 172 cm³/mol. The van der Waals surface area contributed by atoms with E-state index in [0.717, 1.165) is 76.5 Å². The highest BCUT2D eigenvalue weighted by molar-refractivity contribution is 5.92. The number of hydrogen-bond acceptors (Lipinski definition) is 2. The molecule has 39 heavy (non-hydrogen) atoms. The highest BCUT2D eigenvalue weighted by Gasteiger charge is 2.17. The first-order valence-electron chi connectivity index (χ1n) is 15.4. The first-order chi connectivity index (χ1) is 18.3. The van der Waals surface area contributed by atoms with E-state index >= 15 is 0 Å². The number of ketones is 1. The van der Waals surface area contributed by atoms with Crippen LogP contribution in [-0.2, 0) is 9.59 Å². The van der Waals surface area contributed by atoms with E-state index < -0.39 is 0 Å². The van der Waals surface area contributed by atoms with Crippen molar-refractivity contribution in [2.75, 3.05) is 13.1 Å². The minimum atomic E-state index is 0.193. The molecular formula is C36H61NO2. The van der Waals surface area contributed by atoms with Gasteiger partial charge in [-0.15, -0.1) is 0 Å². The van der Waals surface area contributed by atoms with Crippen molar-refractivity contribution in [2.45, 2.75) is 133 Å². The Morgan fingerprint density at radius 2 is 0.821 bits per heavy atom. The zero-order valence-electron chi connectivity index (χ0n) is 27.3. The number of carbonyl (C=O) groups excluding carboxylic acids is 2. The molecule has 0 bridgehead atoms. The Morgan fingerprint density at radius 3 is 1.13 bits per heavy atom. The molecule has 0 aromatic carbocycles. The lowest BCUT2D eigenvalue weighted by atomic mass is 10.0. The van der Waals surface area contributed by atoms with Crippen molar-refractivity contribution in [3.63, 3.8) is 0 Å². The number of nitrogens with zero attached hydrogens (tertiary/aromatic N) is 1. The summed E-state index contributed by atoms with van der Waals surface area (Å²) in [6.45, 7) is 22.8. The van der Waals surface area contributed by atoms with Gasteiger partial charge in [-0.05, 0) is 111 Å². The number of carbonyl (C=O) groups is 2. The Hall–Kier alpha value is -2.16. The molecule has 0 heterocycles. The molecule has 0 N–H and O–H groups in total. The van der Waals surface area contributed by atoms with E-state index in [1.54, 1.807) is 6.92 Å². The van der Waals surface area contributed by atoms with Gasteiger partial charge in [-0.25, -0.2) is 0 Å². The first kappa shape index (κ1) is 36.8. The van der Waals surface area contributed by atoms with Gasteiger partial charge >= 0.3 is 0 Å². The molecule has 3 nitrogen and oxygen atoms in total. The largest absolute Gasteiger partial charge is 0.338 e. The monoisotopic (exact) mass is 539 g/mol. The maximum absolute atomic E-state index is 12.9. The minimum Gasteiger partial charge on any atom is -0.338 e. The molecule has 0 unspecified atom stereocenters. The first-order valence-corrected chi connectivity index (χ1v) is 15.4. The Kier molecular flexibility index (Phi) is 20.4. The van der Waals surface area contributed by atoms with Crippen LogP contribution in [0.5, 0.6) is 0 Å². The molecule has 0 spiro atoms. The van der Waals surface area contributed by atoms with Gasteiger partial charge < -0.3 is 9.69 Å². The maximum atomic E-state index is 12.9. The molecule has 1 amide bonds. The Labute approximate surface area is 242 Å². The van der Waals surface area contributed by atoms with Gasteiger partial charge in [-0.3, -0.25) is 4.79 Å². The summed E-state index contributed by atoms with van der Waals surface area (Å²) in [4.78, 5) is 26.0. The summed E-state index contributed by atoms with van der Waals surface area (Å²) in [7, 11) is 0. The third-order valence-electron chi connectivity index (χ3n) is 6.87. The predicted octanol–water partition coefficient (Wildman–Crippen LogP) is 10.3. The van der Waals surface area contributed by atoms with Crippen molar-refractivity contribution in [2.24, 2.45) is 11.8 Å². The van der Waals surface area contributed by atoms with Crippen LogP contribution in [0.4, 0.5) is 0 Å². The molecule has 0 saturated carbocycles. The summed E-state index contributed by atoms with van der Waals surface area (Å²) in [5.74, 6) is 1.42. The number of allylic oxidation sites excluding steroid dienone is 9. The zero-order valence-corrected chi connectivity index (χ0v) is 27.3. The van der Waals surface area contributed by atoms with E-state index in [9.17, 15) is 9.59 Å². The summed E-state index contributed by atoms with van der Waals surface area (Å²) >= 11 is 0. The van der Waals surface area contributed by atoms with Crippen LogP contribution in [0.2, 0.25) is 0 Å². The summed E-state index contributed by atoms with van der Waals surface area (Å²) in [6, 6.07) is 0. The Morgan fingerprint density at radius 1 is 0.513 bits per heavy atom. The molecule has 0 saturated heterocycles. The number of Topliss-reactive ketones (excluding diaryl/α,β-unsaturated/α-hetero) is 1. The van der Waals surface area contributed by atoms with E-state index in [1.807, 2.05) is 11.8 Å². The molecule has 0 atom stereocenters. The van der Waals surface area contributed by atoms with Crippen molar-refractivity contribution in [3.8, 4) is 0 Å². The SMILES string of the molecule is CC(=O)CC/C=C(\C)CC/C=C(\C)CC/C=C(\C)CC/C=C(\C)CC/C=C(\C)C(=O)N(CC(C)C)CC(C)C. The Balaban J connectivity index is 4.42. The van der Waals surface area contributed by atoms with Gasteiger partial charge in [0.15, 0.2) is 0 Å². The molecule has 0 aliphatic carbocycles. The average molecular weight is 540 g/mol. The van der Waals surface area contributed by atoms with Gasteiger partial charge in [-0.2, -0.15) is 0 Å². The summed E-state index contributed by atoms with van der Waals surface area (Å²) in [5.41, 5.74) is 6.60. The van der Waals surface area contributed by atoms with Crippen LogP contribution in [0.15, 0.2) is 58.2 Å². The third kappa shape index (κ3) is 21.4. The van der Waals surface area contributed by atoms with Crippen LogP contribution < -0.4 is 0 Å². The fourth-order valence-corrected chi connectivity index (χ4v) is 4.54. The summed E-state index contributed by atoms with van der Waals surface area (Å²) in [6.07, 6.45) is 21.5. The van der Waals surface area contributed by atoms with Gasteiger partial charge in [0.25, 0.3) is 0 Å². The number of amides is 1. The normalized spacial score (nSPS) is 14.0. The minimum absolute atomic E-state index is 0.193. The third-order valence-corrected chi connectivity index (χ3v) is 6.87. The molecule has 0 aromatic heterocycles. The van der Waals surface area contributed by atoms with E-state index in [-0.39, 0.29) is 11.7 Å². The molecular weight excluding hydrogens is 478 g/mol.